The summed E-state index contributed by atoms with van der Waals surface area (Å²) >= 11 is 0. The topological polar surface area (TPSA) is 151 Å². The summed E-state index contributed by atoms with van der Waals surface area (Å²) in [6, 6.07) is 51.6. The van der Waals surface area contributed by atoms with E-state index in [1.165, 1.54) is 0 Å². The van der Waals surface area contributed by atoms with Crippen molar-refractivity contribution in [2.45, 2.75) is 13.1 Å². The monoisotopic (exact) mass is 1060 g/mol. The first-order chi connectivity index (χ1) is 35.6. The van der Waals surface area contributed by atoms with Crippen molar-refractivity contribution in [3.8, 4) is 45.9 Å². The number of furan rings is 2. The van der Waals surface area contributed by atoms with Crippen LogP contribution >= 0.6 is 37.2 Å². The van der Waals surface area contributed by atoms with Crippen LogP contribution in [-0.4, -0.2) is 82.1 Å². The van der Waals surface area contributed by atoms with Crippen LogP contribution in [0.25, 0.3) is 44.5 Å². The third-order valence-electron chi connectivity index (χ3n) is 12.5. The van der Waals surface area contributed by atoms with Gasteiger partial charge < -0.3 is 39.6 Å². The summed E-state index contributed by atoms with van der Waals surface area (Å²) in [5, 5.41) is 15.9. The number of piperazine rings is 2. The number of ether oxygens (including phenoxy) is 2. The van der Waals surface area contributed by atoms with Crippen LogP contribution in [0.15, 0.2) is 191 Å². The zero-order chi connectivity index (χ0) is 48.3. The van der Waals surface area contributed by atoms with Crippen LogP contribution in [0.4, 0.5) is 22.7 Å². The van der Waals surface area contributed by atoms with E-state index < -0.39 is 0 Å². The first-order valence-electron chi connectivity index (χ1n) is 24.3. The van der Waals surface area contributed by atoms with Crippen molar-refractivity contribution in [3.63, 3.8) is 0 Å². The normalized spacial score (nSPS) is 13.5. The van der Waals surface area contributed by atoms with Crippen LogP contribution < -0.4 is 30.7 Å². The molecule has 10 aromatic rings. The Kier molecular flexibility index (Phi) is 18.7. The lowest BCUT2D eigenvalue weighted by molar-refractivity contribution is 0.217. The molecule has 0 aliphatic carbocycles. The first kappa shape index (κ1) is 53.8. The molecule has 8 heterocycles. The molecule has 0 spiro atoms. The Bertz CT molecular complexity index is 3130. The Morgan fingerprint density at radius 3 is 1.27 bits per heavy atom. The molecule has 6 aromatic heterocycles. The first-order valence-corrected chi connectivity index (χ1v) is 24.3. The lowest BCUT2D eigenvalue weighted by Crippen LogP contribution is -2.42. The highest BCUT2D eigenvalue weighted by molar-refractivity contribution is 5.96. The molecule has 384 valence electrons. The van der Waals surface area contributed by atoms with Crippen LogP contribution in [0.5, 0.6) is 23.3 Å². The molecule has 0 unspecified atom stereocenters. The average Bonchev–Trinajstić information content (AvgIpc) is 4.11. The number of benzene rings is 4. The molecule has 2 fully saturated rings. The van der Waals surface area contributed by atoms with E-state index in [0.29, 0.717) is 11.8 Å². The zero-order valence-corrected chi connectivity index (χ0v) is 43.4. The Labute approximate surface area is 454 Å². The van der Waals surface area contributed by atoms with Crippen LogP contribution in [-0.2, 0) is 13.1 Å². The third-order valence-corrected chi connectivity index (χ3v) is 12.5. The van der Waals surface area contributed by atoms with Crippen molar-refractivity contribution >= 4 is 81.8 Å². The van der Waals surface area contributed by atoms with Gasteiger partial charge in [0.2, 0.25) is 11.8 Å². The molecule has 2 aliphatic heterocycles. The molecule has 0 saturated carbocycles. The van der Waals surface area contributed by atoms with Crippen molar-refractivity contribution in [2.24, 2.45) is 0 Å². The molecule has 75 heavy (non-hydrogen) atoms. The molecule has 0 radical (unpaired) electrons. The van der Waals surface area contributed by atoms with Gasteiger partial charge >= 0.3 is 0 Å². The number of rotatable bonds is 14. The van der Waals surface area contributed by atoms with E-state index in [1.807, 2.05) is 109 Å². The van der Waals surface area contributed by atoms with Crippen LogP contribution in [0.1, 0.15) is 11.5 Å². The second-order valence-corrected chi connectivity index (χ2v) is 17.6. The Hall–Kier alpha value is -7.53. The van der Waals surface area contributed by atoms with E-state index in [0.717, 1.165) is 156 Å². The quantitative estimate of drug-likeness (QED) is 0.0818. The lowest BCUT2D eigenvalue weighted by Gasteiger charge is -2.26. The number of halogens is 3. The van der Waals surface area contributed by atoms with Gasteiger partial charge in [-0.3, -0.25) is 19.8 Å². The van der Waals surface area contributed by atoms with Crippen molar-refractivity contribution < 1.29 is 18.3 Å². The van der Waals surface area contributed by atoms with Gasteiger partial charge in [0, 0.05) is 134 Å². The predicted octanol–water partition coefficient (Wildman–Crippen LogP) is 12.9. The number of nitrogens with one attached hydrogen (secondary N) is 4. The van der Waals surface area contributed by atoms with Crippen molar-refractivity contribution in [2.75, 3.05) is 63.0 Å². The number of fused-ring (bicyclic) bond motifs is 2. The fraction of sp³-hybridized carbons (Fsp3) is 0.172. The van der Waals surface area contributed by atoms with Gasteiger partial charge in [0.1, 0.15) is 34.5 Å². The van der Waals surface area contributed by atoms with Crippen LogP contribution in [0.3, 0.4) is 0 Å². The SMILES string of the molecule is Cl.Cl.Cl.c1ccc(Oc2ccc(Nc3ccnc4cc(-c5ccc(CN6CCNCC6)o5)ccc34)cc2)nc1.c1ccc(Oc2ccc(Nc3ccnc4cc(-c5ccc(CN6CCNCC6)o5)ccc34)cc2)nc1. The maximum Gasteiger partial charge on any atom is 0.219 e. The van der Waals surface area contributed by atoms with E-state index >= 15 is 0 Å². The Morgan fingerprint density at radius 2 is 0.867 bits per heavy atom. The maximum absolute atomic E-state index is 6.18. The van der Waals surface area contributed by atoms with Gasteiger partial charge in [0.05, 0.1) is 24.1 Å². The highest BCUT2D eigenvalue weighted by atomic mass is 35.5. The molecule has 0 bridgehead atoms. The van der Waals surface area contributed by atoms with Gasteiger partial charge in [0.15, 0.2) is 0 Å². The molecule has 2 aliphatic rings. The molecule has 17 heteroatoms. The van der Waals surface area contributed by atoms with Gasteiger partial charge in [-0.05, 0) is 121 Å². The molecular formula is C58H57Cl3N10O4. The Balaban J connectivity index is 0.000000192. The van der Waals surface area contributed by atoms with Gasteiger partial charge in [-0.15, -0.1) is 37.2 Å². The molecule has 2 saturated heterocycles. The van der Waals surface area contributed by atoms with Crippen LogP contribution in [0, 0.1) is 0 Å². The van der Waals surface area contributed by atoms with Crippen molar-refractivity contribution in [3.05, 3.63) is 194 Å². The summed E-state index contributed by atoms with van der Waals surface area (Å²) < 4.78 is 23.9. The maximum atomic E-state index is 6.18. The van der Waals surface area contributed by atoms with Gasteiger partial charge in [-0.1, -0.05) is 24.3 Å². The minimum atomic E-state index is 0. The Morgan fingerprint density at radius 1 is 0.440 bits per heavy atom. The summed E-state index contributed by atoms with van der Waals surface area (Å²) in [5.74, 6) is 6.33. The molecule has 4 aromatic carbocycles. The second kappa shape index (κ2) is 26.1. The van der Waals surface area contributed by atoms with E-state index in [2.05, 4.69) is 112 Å². The molecule has 14 nitrogen and oxygen atoms in total. The summed E-state index contributed by atoms with van der Waals surface area (Å²) in [6.45, 7) is 9.99. The fourth-order valence-electron chi connectivity index (χ4n) is 8.82. The minimum Gasteiger partial charge on any atom is -0.460 e. The summed E-state index contributed by atoms with van der Waals surface area (Å²) in [4.78, 5) is 22.4. The number of hydrogen-bond acceptors (Lipinski definition) is 14. The van der Waals surface area contributed by atoms with Gasteiger partial charge in [0.25, 0.3) is 0 Å². The average molecular weight is 1060 g/mol. The van der Waals surface area contributed by atoms with Gasteiger partial charge in [-0.25, -0.2) is 9.97 Å². The number of pyridine rings is 4. The predicted molar refractivity (Wildman–Crippen MR) is 305 cm³/mol. The highest BCUT2D eigenvalue weighted by Crippen LogP contribution is 2.33. The van der Waals surface area contributed by atoms with E-state index in [9.17, 15) is 0 Å². The summed E-state index contributed by atoms with van der Waals surface area (Å²) in [5.41, 5.74) is 7.77. The summed E-state index contributed by atoms with van der Waals surface area (Å²) in [6.07, 6.45) is 7.07. The smallest absolute Gasteiger partial charge is 0.219 e. The third kappa shape index (κ3) is 14.0. The number of anilines is 4. The number of nitrogens with zero attached hydrogens (tertiary/aromatic N) is 6. The van der Waals surface area contributed by atoms with E-state index in [-0.39, 0.29) is 37.2 Å². The van der Waals surface area contributed by atoms with Gasteiger partial charge in [-0.2, -0.15) is 0 Å². The molecule has 0 amide bonds. The van der Waals surface area contributed by atoms with E-state index in [4.69, 9.17) is 18.3 Å². The van der Waals surface area contributed by atoms with E-state index in [1.54, 1.807) is 12.4 Å². The molecule has 12 rings (SSSR count). The van der Waals surface area contributed by atoms with Crippen molar-refractivity contribution in [1.82, 2.24) is 40.4 Å². The number of aromatic nitrogens is 4. The lowest BCUT2D eigenvalue weighted by atomic mass is 10.1. The zero-order valence-electron chi connectivity index (χ0n) is 40.9. The van der Waals surface area contributed by atoms with Crippen molar-refractivity contribution in [1.29, 1.82) is 0 Å². The molecular weight excluding hydrogens is 1010 g/mol. The molecule has 4 N–H and O–H groups in total. The standard InChI is InChI=1S/2C29H27N5O2.3ClH/c2*1-2-13-32-29(3-1)36-23-7-5-22(6-8-23)33-26-12-14-31-27-19-21(4-10-25(26)27)28-11-9-24(35-28)20-34-17-15-30-16-18-34;;;/h2*1-14,19,30H,15-18,20H2,(H,31,33);3*1H. The number of hydrogen-bond donors (Lipinski definition) is 4. The molecule has 0 atom stereocenters. The minimum absolute atomic E-state index is 0. The summed E-state index contributed by atoms with van der Waals surface area (Å²) in [7, 11) is 0. The largest absolute Gasteiger partial charge is 0.460 e. The fourth-order valence-corrected chi connectivity index (χ4v) is 8.82. The van der Waals surface area contributed by atoms with Crippen LogP contribution in [0.2, 0.25) is 0 Å². The highest BCUT2D eigenvalue weighted by Gasteiger charge is 2.16. The second-order valence-electron chi connectivity index (χ2n) is 17.6.